The molecule has 5 heteroatoms. The quantitative estimate of drug-likeness (QED) is 0.615. The van der Waals surface area contributed by atoms with Crippen LogP contribution < -0.4 is 0 Å². The molecule has 4 rings (SSSR count). The van der Waals surface area contributed by atoms with Crippen LogP contribution in [0.25, 0.3) is 16.6 Å². The van der Waals surface area contributed by atoms with Crippen LogP contribution in [0.2, 0.25) is 0 Å². The van der Waals surface area contributed by atoms with E-state index in [0.717, 1.165) is 49.0 Å². The van der Waals surface area contributed by atoms with Crippen LogP contribution in [0.15, 0.2) is 72.1 Å². The summed E-state index contributed by atoms with van der Waals surface area (Å²) in [6.45, 7) is 4.11. The number of thiazole rings is 1. The largest absolute Gasteiger partial charge is 0.337 e. The summed E-state index contributed by atoms with van der Waals surface area (Å²) in [5, 5.41) is 3.21. The maximum absolute atomic E-state index is 12.4. The van der Waals surface area contributed by atoms with Crippen LogP contribution in [-0.2, 0) is 11.3 Å². The molecule has 1 fully saturated rings. The molecule has 142 valence electrons. The molecule has 0 atom stereocenters. The molecule has 0 saturated carbocycles. The van der Waals surface area contributed by atoms with Gasteiger partial charge < -0.3 is 4.90 Å². The highest BCUT2D eigenvalue weighted by Gasteiger charge is 2.20. The Morgan fingerprint density at radius 3 is 2.36 bits per heavy atom. The van der Waals surface area contributed by atoms with E-state index >= 15 is 0 Å². The summed E-state index contributed by atoms with van der Waals surface area (Å²) < 4.78 is 0. The van der Waals surface area contributed by atoms with Crippen LogP contribution in [0.4, 0.5) is 0 Å². The topological polar surface area (TPSA) is 36.4 Å². The molecule has 1 aromatic heterocycles. The molecule has 0 bridgehead atoms. The van der Waals surface area contributed by atoms with E-state index in [1.54, 1.807) is 17.4 Å². The molecule has 2 aromatic carbocycles. The van der Waals surface area contributed by atoms with Crippen LogP contribution in [-0.4, -0.2) is 46.9 Å². The molecule has 3 aromatic rings. The molecule has 1 saturated heterocycles. The molecular weight excluding hydrogens is 366 g/mol. The molecule has 0 unspecified atom stereocenters. The summed E-state index contributed by atoms with van der Waals surface area (Å²) in [5.41, 5.74) is 3.32. The van der Waals surface area contributed by atoms with E-state index in [0.29, 0.717) is 0 Å². The van der Waals surface area contributed by atoms with Gasteiger partial charge in [-0.25, -0.2) is 4.98 Å². The van der Waals surface area contributed by atoms with E-state index in [4.69, 9.17) is 4.98 Å². The Bertz CT molecular complexity index is 929. The van der Waals surface area contributed by atoms with Crippen molar-refractivity contribution in [2.24, 2.45) is 0 Å². The van der Waals surface area contributed by atoms with Crippen molar-refractivity contribution in [3.05, 3.63) is 83.4 Å². The molecule has 1 aliphatic heterocycles. The zero-order chi connectivity index (χ0) is 19.2. The summed E-state index contributed by atoms with van der Waals surface area (Å²) in [4.78, 5) is 21.5. The van der Waals surface area contributed by atoms with Crippen molar-refractivity contribution in [3.8, 4) is 10.6 Å². The summed E-state index contributed by atoms with van der Waals surface area (Å²) in [6.07, 6.45) is 3.56. The van der Waals surface area contributed by atoms with Crippen LogP contribution in [0.3, 0.4) is 0 Å². The van der Waals surface area contributed by atoms with Gasteiger partial charge in [-0.15, -0.1) is 11.3 Å². The lowest BCUT2D eigenvalue weighted by molar-refractivity contribution is -0.127. The number of carbonyl (C=O) groups is 1. The van der Waals surface area contributed by atoms with E-state index in [1.807, 2.05) is 59.5 Å². The van der Waals surface area contributed by atoms with E-state index in [-0.39, 0.29) is 5.91 Å². The molecule has 0 aliphatic carbocycles. The fourth-order valence-electron chi connectivity index (χ4n) is 3.29. The monoisotopic (exact) mass is 389 g/mol. The highest BCUT2D eigenvalue weighted by Crippen LogP contribution is 2.24. The Balaban J connectivity index is 1.28. The maximum Gasteiger partial charge on any atom is 0.246 e. The fraction of sp³-hybridized carbons (Fsp3) is 0.217. The summed E-state index contributed by atoms with van der Waals surface area (Å²) in [5.74, 6) is 0.0866. The van der Waals surface area contributed by atoms with Gasteiger partial charge in [-0.1, -0.05) is 60.7 Å². The van der Waals surface area contributed by atoms with E-state index in [9.17, 15) is 4.79 Å². The average Bonchev–Trinajstić information content (AvgIpc) is 3.22. The molecule has 1 amide bonds. The normalized spacial score (nSPS) is 15.2. The number of carbonyl (C=O) groups excluding carboxylic acids is 1. The minimum atomic E-state index is 0.0866. The molecule has 2 heterocycles. The van der Waals surface area contributed by atoms with Crippen molar-refractivity contribution < 1.29 is 4.79 Å². The third kappa shape index (κ3) is 4.74. The smallest absolute Gasteiger partial charge is 0.246 e. The van der Waals surface area contributed by atoms with Gasteiger partial charge in [-0.3, -0.25) is 9.69 Å². The van der Waals surface area contributed by atoms with Gasteiger partial charge in [-0.2, -0.15) is 0 Å². The minimum Gasteiger partial charge on any atom is -0.337 e. The highest BCUT2D eigenvalue weighted by atomic mass is 32.1. The first-order valence-electron chi connectivity index (χ1n) is 9.52. The maximum atomic E-state index is 12.4. The molecule has 0 N–H and O–H groups in total. The lowest BCUT2D eigenvalue weighted by Crippen LogP contribution is -2.47. The number of hydrogen-bond acceptors (Lipinski definition) is 4. The lowest BCUT2D eigenvalue weighted by Gasteiger charge is -2.33. The number of benzene rings is 2. The molecule has 1 aliphatic rings. The lowest BCUT2D eigenvalue weighted by atomic mass is 10.2. The number of rotatable bonds is 5. The SMILES string of the molecule is O=C(/C=C\c1ccccc1)N1CCN(Cc2csc(-c3ccccc3)n2)CC1. The van der Waals surface area contributed by atoms with Crippen LogP contribution in [0.5, 0.6) is 0 Å². The second kappa shape index (κ2) is 8.95. The van der Waals surface area contributed by atoms with Gasteiger partial charge in [0.25, 0.3) is 0 Å². The van der Waals surface area contributed by atoms with Crippen molar-refractivity contribution >= 4 is 23.3 Å². The zero-order valence-electron chi connectivity index (χ0n) is 15.7. The molecule has 4 nitrogen and oxygen atoms in total. The highest BCUT2D eigenvalue weighted by molar-refractivity contribution is 7.13. The molecule has 28 heavy (non-hydrogen) atoms. The zero-order valence-corrected chi connectivity index (χ0v) is 16.5. The minimum absolute atomic E-state index is 0.0866. The van der Waals surface area contributed by atoms with Crippen LogP contribution in [0.1, 0.15) is 11.3 Å². The summed E-state index contributed by atoms with van der Waals surface area (Å²) >= 11 is 1.69. The van der Waals surface area contributed by atoms with Crippen LogP contribution in [0, 0.1) is 0 Å². The van der Waals surface area contributed by atoms with Gasteiger partial charge in [0, 0.05) is 49.7 Å². The van der Waals surface area contributed by atoms with Gasteiger partial charge >= 0.3 is 0 Å². The van der Waals surface area contributed by atoms with E-state index in [1.165, 1.54) is 5.56 Å². The van der Waals surface area contributed by atoms with Gasteiger partial charge in [0.05, 0.1) is 5.69 Å². The first kappa shape index (κ1) is 18.6. The third-order valence-electron chi connectivity index (χ3n) is 4.86. The second-order valence-electron chi connectivity index (χ2n) is 6.86. The van der Waals surface area contributed by atoms with E-state index < -0.39 is 0 Å². The number of aromatic nitrogens is 1. The first-order chi connectivity index (χ1) is 13.8. The Morgan fingerprint density at radius 2 is 1.64 bits per heavy atom. The van der Waals surface area contributed by atoms with Crippen molar-refractivity contribution in [2.45, 2.75) is 6.54 Å². The number of amides is 1. The average molecular weight is 390 g/mol. The Hall–Kier alpha value is -2.76. The Morgan fingerprint density at radius 1 is 0.964 bits per heavy atom. The molecular formula is C23H23N3OS. The second-order valence-corrected chi connectivity index (χ2v) is 7.71. The van der Waals surface area contributed by atoms with E-state index in [2.05, 4.69) is 22.4 Å². The van der Waals surface area contributed by atoms with Gasteiger partial charge in [0.15, 0.2) is 0 Å². The standard InChI is InChI=1S/C23H23N3OS/c27-22(12-11-19-7-3-1-4-8-19)26-15-13-25(14-16-26)17-21-18-28-23(24-21)20-9-5-2-6-10-20/h1-12,18H,13-17H2/b12-11-. The van der Waals surface area contributed by atoms with Crippen LogP contribution >= 0.6 is 11.3 Å². The molecule has 0 spiro atoms. The summed E-state index contributed by atoms with van der Waals surface area (Å²) in [6, 6.07) is 20.2. The van der Waals surface area contributed by atoms with Crippen molar-refractivity contribution in [1.29, 1.82) is 0 Å². The Labute approximate surface area is 169 Å². The predicted molar refractivity (Wildman–Crippen MR) is 115 cm³/mol. The first-order valence-corrected chi connectivity index (χ1v) is 10.4. The van der Waals surface area contributed by atoms with Crippen molar-refractivity contribution in [2.75, 3.05) is 26.2 Å². The Kier molecular flexibility index (Phi) is 5.95. The number of nitrogens with zero attached hydrogens (tertiary/aromatic N) is 3. The van der Waals surface area contributed by atoms with Gasteiger partial charge in [0.1, 0.15) is 5.01 Å². The van der Waals surface area contributed by atoms with Crippen molar-refractivity contribution in [1.82, 2.24) is 14.8 Å². The van der Waals surface area contributed by atoms with Gasteiger partial charge in [-0.05, 0) is 11.6 Å². The number of hydrogen-bond donors (Lipinski definition) is 0. The van der Waals surface area contributed by atoms with Gasteiger partial charge in [0.2, 0.25) is 5.91 Å². The third-order valence-corrected chi connectivity index (χ3v) is 5.80. The summed E-state index contributed by atoms with van der Waals surface area (Å²) in [7, 11) is 0. The molecule has 0 radical (unpaired) electrons. The fourth-order valence-corrected chi connectivity index (χ4v) is 4.10. The predicted octanol–water partition coefficient (Wildman–Crippen LogP) is 4.17. The number of piperazine rings is 1. The van der Waals surface area contributed by atoms with Crippen molar-refractivity contribution in [3.63, 3.8) is 0 Å².